The Morgan fingerprint density at radius 3 is 2.71 bits per heavy atom. The fraction of sp³-hybridized carbons (Fsp3) is 0.391. The average Bonchev–Trinajstić information content (AvgIpc) is 2.71. The van der Waals surface area contributed by atoms with Crippen LogP contribution in [-0.2, 0) is 17.8 Å². The molecule has 0 saturated carbocycles. The van der Waals surface area contributed by atoms with E-state index in [-0.39, 0.29) is 11.8 Å². The molecule has 146 valence electrons. The van der Waals surface area contributed by atoms with Crippen molar-refractivity contribution in [1.29, 1.82) is 5.26 Å². The smallest absolute Gasteiger partial charge is 0.264 e. The second-order valence-corrected chi connectivity index (χ2v) is 7.26. The van der Waals surface area contributed by atoms with Gasteiger partial charge in [-0.2, -0.15) is 5.26 Å². The van der Waals surface area contributed by atoms with Crippen LogP contribution in [-0.4, -0.2) is 30.1 Å². The normalized spacial score (nSPS) is 14.2. The van der Waals surface area contributed by atoms with Crippen LogP contribution in [0.25, 0.3) is 0 Å². The zero-order valence-corrected chi connectivity index (χ0v) is 16.6. The number of fused-ring (bicyclic) bond motifs is 1. The summed E-state index contributed by atoms with van der Waals surface area (Å²) < 4.78 is 11.6. The number of rotatable bonds is 6. The third-order valence-electron chi connectivity index (χ3n) is 4.92. The number of nitrogens with zero attached hydrogens (tertiary/aromatic N) is 2. The number of hydrogen-bond donors (Lipinski definition) is 0. The van der Waals surface area contributed by atoms with Gasteiger partial charge in [0.05, 0.1) is 12.2 Å². The van der Waals surface area contributed by atoms with Gasteiger partial charge in [-0.25, -0.2) is 0 Å². The molecule has 1 heterocycles. The molecule has 28 heavy (non-hydrogen) atoms. The maximum Gasteiger partial charge on any atom is 0.264 e. The van der Waals surface area contributed by atoms with Crippen molar-refractivity contribution < 1.29 is 14.3 Å². The highest BCUT2D eigenvalue weighted by Gasteiger charge is 2.31. The van der Waals surface area contributed by atoms with Crippen molar-refractivity contribution in [2.45, 2.75) is 39.8 Å². The van der Waals surface area contributed by atoms with Gasteiger partial charge in [0.25, 0.3) is 5.91 Å². The van der Waals surface area contributed by atoms with E-state index in [2.05, 4.69) is 12.1 Å². The van der Waals surface area contributed by atoms with Gasteiger partial charge in [-0.1, -0.05) is 32.0 Å². The lowest BCUT2D eigenvalue weighted by atomic mass is 9.97. The fourth-order valence-electron chi connectivity index (χ4n) is 3.43. The van der Waals surface area contributed by atoms with Gasteiger partial charge >= 0.3 is 0 Å². The highest BCUT2D eigenvalue weighted by atomic mass is 16.5. The Morgan fingerprint density at radius 2 is 2.00 bits per heavy atom. The van der Waals surface area contributed by atoms with Gasteiger partial charge < -0.3 is 14.4 Å². The number of para-hydroxylation sites is 1. The van der Waals surface area contributed by atoms with E-state index in [1.165, 1.54) is 5.56 Å². The van der Waals surface area contributed by atoms with Crippen LogP contribution in [0.15, 0.2) is 42.5 Å². The predicted molar refractivity (Wildman–Crippen MR) is 107 cm³/mol. The summed E-state index contributed by atoms with van der Waals surface area (Å²) in [5.41, 5.74) is 2.81. The Hall–Kier alpha value is -3.00. The summed E-state index contributed by atoms with van der Waals surface area (Å²) in [5, 5.41) is 9.30. The second-order valence-electron chi connectivity index (χ2n) is 7.26. The monoisotopic (exact) mass is 378 g/mol. The number of benzene rings is 2. The van der Waals surface area contributed by atoms with E-state index >= 15 is 0 Å². The molecule has 1 aliphatic rings. The molecule has 2 aromatic rings. The average molecular weight is 378 g/mol. The Labute approximate surface area is 166 Å². The van der Waals surface area contributed by atoms with Gasteiger partial charge in [0.15, 0.2) is 6.10 Å². The summed E-state index contributed by atoms with van der Waals surface area (Å²) >= 11 is 0. The number of nitriles is 1. The van der Waals surface area contributed by atoms with Crippen LogP contribution in [0.5, 0.6) is 11.5 Å². The van der Waals surface area contributed by atoms with Crippen LogP contribution in [0.3, 0.4) is 0 Å². The van der Waals surface area contributed by atoms with Gasteiger partial charge in [0.2, 0.25) is 0 Å². The number of amides is 1. The Morgan fingerprint density at radius 1 is 1.21 bits per heavy atom. The maximum absolute atomic E-state index is 13.3. The van der Waals surface area contributed by atoms with Gasteiger partial charge in [-0.05, 0) is 54.7 Å². The van der Waals surface area contributed by atoms with Gasteiger partial charge in [0.1, 0.15) is 17.6 Å². The van der Waals surface area contributed by atoms with Crippen LogP contribution in [0, 0.1) is 17.2 Å². The summed E-state index contributed by atoms with van der Waals surface area (Å²) in [6, 6.07) is 15.2. The number of carbonyl (C=O) groups excluding carboxylic acids is 1. The molecule has 0 spiro atoms. The van der Waals surface area contributed by atoms with Gasteiger partial charge in [-0.3, -0.25) is 4.79 Å². The number of carbonyl (C=O) groups is 1. The molecule has 3 rings (SSSR count). The molecular formula is C23H26N2O3. The molecule has 1 aliphatic heterocycles. The van der Waals surface area contributed by atoms with E-state index < -0.39 is 6.10 Å². The van der Waals surface area contributed by atoms with Crippen molar-refractivity contribution in [3.8, 4) is 17.6 Å². The molecule has 0 N–H and O–H groups in total. The molecule has 1 amide bonds. The van der Waals surface area contributed by atoms with Crippen molar-refractivity contribution in [2.24, 2.45) is 5.92 Å². The molecule has 2 aromatic carbocycles. The summed E-state index contributed by atoms with van der Waals surface area (Å²) in [6.07, 6.45) is 0.179. The first kappa shape index (κ1) is 19.8. The van der Waals surface area contributed by atoms with E-state index in [1.807, 2.05) is 43.9 Å². The van der Waals surface area contributed by atoms with Gasteiger partial charge in [0, 0.05) is 13.1 Å². The highest BCUT2D eigenvalue weighted by Crippen LogP contribution is 2.27. The molecule has 5 heteroatoms. The van der Waals surface area contributed by atoms with Crippen LogP contribution < -0.4 is 9.47 Å². The molecule has 0 fully saturated rings. The van der Waals surface area contributed by atoms with E-state index in [0.717, 1.165) is 17.7 Å². The van der Waals surface area contributed by atoms with E-state index in [4.69, 9.17) is 9.47 Å². The minimum atomic E-state index is -0.633. The quantitative estimate of drug-likeness (QED) is 0.764. The molecule has 5 nitrogen and oxygen atoms in total. The Kier molecular flexibility index (Phi) is 6.20. The zero-order valence-electron chi connectivity index (χ0n) is 16.6. The molecule has 0 radical (unpaired) electrons. The maximum atomic E-state index is 13.3. The molecule has 0 bridgehead atoms. The van der Waals surface area contributed by atoms with Crippen molar-refractivity contribution in [3.05, 3.63) is 59.2 Å². The fourth-order valence-corrected chi connectivity index (χ4v) is 3.43. The van der Waals surface area contributed by atoms with Crippen LogP contribution >= 0.6 is 0 Å². The van der Waals surface area contributed by atoms with Crippen LogP contribution in [0.4, 0.5) is 0 Å². The summed E-state index contributed by atoms with van der Waals surface area (Å²) in [6.45, 7) is 7.70. The molecule has 0 saturated heterocycles. The first-order valence-electron chi connectivity index (χ1n) is 9.72. The summed E-state index contributed by atoms with van der Waals surface area (Å²) in [4.78, 5) is 15.1. The molecule has 1 unspecified atom stereocenters. The minimum Gasteiger partial charge on any atom is -0.494 e. The van der Waals surface area contributed by atoms with Crippen molar-refractivity contribution in [3.63, 3.8) is 0 Å². The lowest BCUT2D eigenvalue weighted by molar-refractivity contribution is -0.141. The van der Waals surface area contributed by atoms with Crippen LogP contribution in [0.1, 0.15) is 37.5 Å². The second kappa shape index (κ2) is 8.79. The SMILES string of the molecule is CCOc1ccc2c(c1)CN(C(=O)C(Oc1ccccc1C#N)C(C)C)CC2. The summed E-state index contributed by atoms with van der Waals surface area (Å²) in [7, 11) is 0. The number of hydrogen-bond acceptors (Lipinski definition) is 4. The van der Waals surface area contributed by atoms with Crippen LogP contribution in [0.2, 0.25) is 0 Å². The van der Waals surface area contributed by atoms with Crippen molar-refractivity contribution in [1.82, 2.24) is 4.90 Å². The van der Waals surface area contributed by atoms with Crippen molar-refractivity contribution >= 4 is 5.91 Å². The third-order valence-corrected chi connectivity index (χ3v) is 4.92. The lowest BCUT2D eigenvalue weighted by Gasteiger charge is -2.33. The highest BCUT2D eigenvalue weighted by molar-refractivity contribution is 5.82. The molecule has 1 atom stereocenters. The predicted octanol–water partition coefficient (Wildman–Crippen LogP) is 3.95. The Bertz CT molecular complexity index is 886. The molecule has 0 aliphatic carbocycles. The summed E-state index contributed by atoms with van der Waals surface area (Å²) in [5.74, 6) is 1.22. The zero-order chi connectivity index (χ0) is 20.1. The molecular weight excluding hydrogens is 352 g/mol. The lowest BCUT2D eigenvalue weighted by Crippen LogP contribution is -2.46. The standard InChI is InChI=1S/C23H26N2O3/c1-4-27-20-10-9-17-11-12-25(15-19(17)13-20)23(26)22(16(2)3)28-21-8-6-5-7-18(21)14-24/h5-10,13,16,22H,4,11-12,15H2,1-3H3. The number of ether oxygens (including phenoxy) is 2. The van der Waals surface area contributed by atoms with E-state index in [9.17, 15) is 10.1 Å². The largest absolute Gasteiger partial charge is 0.494 e. The van der Waals surface area contributed by atoms with Crippen molar-refractivity contribution in [2.75, 3.05) is 13.2 Å². The van der Waals surface area contributed by atoms with Gasteiger partial charge in [-0.15, -0.1) is 0 Å². The first-order chi connectivity index (χ1) is 13.5. The topological polar surface area (TPSA) is 62.6 Å². The van der Waals surface area contributed by atoms with E-state index in [1.54, 1.807) is 18.2 Å². The third kappa shape index (κ3) is 4.28. The minimum absolute atomic E-state index is 0.0181. The Balaban J connectivity index is 1.79. The molecule has 0 aromatic heterocycles. The first-order valence-corrected chi connectivity index (χ1v) is 9.72. The van der Waals surface area contributed by atoms with E-state index in [0.29, 0.717) is 31.0 Å².